The Balaban J connectivity index is 2.17. The number of benzene rings is 3. The van der Waals surface area contributed by atoms with E-state index in [9.17, 15) is 9.90 Å². The fourth-order valence-electron chi connectivity index (χ4n) is 4.60. The molecule has 0 aliphatic carbocycles. The number of ether oxygens (including phenoxy) is 1. The molecule has 0 unspecified atom stereocenters. The summed E-state index contributed by atoms with van der Waals surface area (Å²) in [6.45, 7) is 8.45. The standard InChI is InChI=1S/C28H28O3/c1-5-9-19-13-17(3)25-23(15-19)31-24-16-20(10-6-2)14-18(4)26(24)27(25)21-11-7-8-12-22(21)28(29)30/h7-9,11-16H,5-6,10H2,1-4H3,(H,29,30)/b19-9+. The van der Waals surface area contributed by atoms with E-state index < -0.39 is 5.97 Å². The number of hydrogen-bond acceptors (Lipinski definition) is 2. The average molecular weight is 413 g/mol. The van der Waals surface area contributed by atoms with E-state index in [1.165, 1.54) is 5.56 Å². The van der Waals surface area contributed by atoms with Crippen LogP contribution >= 0.6 is 0 Å². The van der Waals surface area contributed by atoms with Gasteiger partial charge < -0.3 is 9.84 Å². The van der Waals surface area contributed by atoms with Crippen molar-refractivity contribution in [2.45, 2.75) is 47.0 Å². The van der Waals surface area contributed by atoms with Gasteiger partial charge in [-0.2, -0.15) is 0 Å². The highest BCUT2D eigenvalue weighted by Crippen LogP contribution is 2.40. The number of fused-ring (bicyclic) bond motifs is 2. The van der Waals surface area contributed by atoms with E-state index in [0.29, 0.717) is 5.56 Å². The number of rotatable bonds is 5. The van der Waals surface area contributed by atoms with Gasteiger partial charge in [-0.25, -0.2) is 4.79 Å². The van der Waals surface area contributed by atoms with Crippen LogP contribution in [0, 0.1) is 13.8 Å². The summed E-state index contributed by atoms with van der Waals surface area (Å²) in [5.41, 5.74) is 6.37. The van der Waals surface area contributed by atoms with Gasteiger partial charge in [0.1, 0.15) is 11.5 Å². The van der Waals surface area contributed by atoms with Crippen LogP contribution in [0.4, 0.5) is 0 Å². The maximum atomic E-state index is 12.1. The molecule has 31 heavy (non-hydrogen) atoms. The normalized spacial score (nSPS) is 12.9. The number of carbonyl (C=O) groups is 1. The highest BCUT2D eigenvalue weighted by Gasteiger charge is 2.26. The third-order valence-electron chi connectivity index (χ3n) is 5.81. The van der Waals surface area contributed by atoms with Gasteiger partial charge in [0.2, 0.25) is 0 Å². The molecule has 0 saturated heterocycles. The van der Waals surface area contributed by atoms with Crippen molar-refractivity contribution >= 4 is 17.6 Å². The van der Waals surface area contributed by atoms with Gasteiger partial charge >= 0.3 is 5.97 Å². The molecule has 4 rings (SSSR count). The molecule has 0 fully saturated rings. The van der Waals surface area contributed by atoms with Gasteiger partial charge in [-0.1, -0.05) is 56.7 Å². The van der Waals surface area contributed by atoms with E-state index in [-0.39, 0.29) is 0 Å². The van der Waals surface area contributed by atoms with Gasteiger partial charge in [0.05, 0.1) is 5.56 Å². The first-order chi connectivity index (χ1) is 14.9. The summed E-state index contributed by atoms with van der Waals surface area (Å²) in [5.74, 6) is 0.668. The summed E-state index contributed by atoms with van der Waals surface area (Å²) in [4.78, 5) is 12.1. The zero-order valence-electron chi connectivity index (χ0n) is 18.6. The summed E-state index contributed by atoms with van der Waals surface area (Å²) in [6, 6.07) is 15.8. The Bertz CT molecular complexity index is 1300. The third kappa shape index (κ3) is 3.76. The molecule has 0 spiro atoms. The van der Waals surface area contributed by atoms with Crippen LogP contribution in [0.5, 0.6) is 11.5 Å². The van der Waals surface area contributed by atoms with E-state index >= 15 is 0 Å². The Labute approximate surface area is 183 Å². The van der Waals surface area contributed by atoms with E-state index in [4.69, 9.17) is 4.74 Å². The Kier molecular flexibility index (Phi) is 5.69. The molecule has 1 N–H and O–H groups in total. The third-order valence-corrected chi connectivity index (χ3v) is 5.81. The predicted molar refractivity (Wildman–Crippen MR) is 125 cm³/mol. The molecular formula is C28H28O3. The van der Waals surface area contributed by atoms with Crippen LogP contribution in [0.3, 0.4) is 0 Å². The second-order valence-electron chi connectivity index (χ2n) is 8.19. The Morgan fingerprint density at radius 2 is 1.77 bits per heavy atom. The van der Waals surface area contributed by atoms with Crippen molar-refractivity contribution in [3.63, 3.8) is 0 Å². The number of hydrogen-bond donors (Lipinski definition) is 1. The first-order valence-electron chi connectivity index (χ1n) is 10.9. The van der Waals surface area contributed by atoms with E-state index in [0.717, 1.165) is 69.0 Å². The van der Waals surface area contributed by atoms with Crippen molar-refractivity contribution in [3.05, 3.63) is 92.3 Å². The first-order valence-corrected chi connectivity index (χ1v) is 10.9. The van der Waals surface area contributed by atoms with Gasteiger partial charge in [-0.15, -0.1) is 0 Å². The summed E-state index contributed by atoms with van der Waals surface area (Å²) >= 11 is 0. The van der Waals surface area contributed by atoms with Gasteiger partial charge in [0, 0.05) is 16.4 Å². The zero-order valence-corrected chi connectivity index (χ0v) is 18.6. The molecule has 0 amide bonds. The Hall–Kier alpha value is -3.33. The highest BCUT2D eigenvalue weighted by molar-refractivity contribution is 5.98. The molecular weight excluding hydrogens is 384 g/mol. The van der Waals surface area contributed by atoms with E-state index in [1.54, 1.807) is 12.1 Å². The smallest absolute Gasteiger partial charge is 0.336 e. The van der Waals surface area contributed by atoms with Gasteiger partial charge in [-0.05, 0) is 72.4 Å². The molecule has 1 heterocycles. The average Bonchev–Trinajstić information content (AvgIpc) is 2.72. The van der Waals surface area contributed by atoms with Crippen molar-refractivity contribution in [3.8, 4) is 11.5 Å². The van der Waals surface area contributed by atoms with Crippen molar-refractivity contribution < 1.29 is 14.6 Å². The fraction of sp³-hybridized carbons (Fsp3) is 0.250. The second-order valence-corrected chi connectivity index (χ2v) is 8.19. The van der Waals surface area contributed by atoms with Gasteiger partial charge in [0.15, 0.2) is 0 Å². The predicted octanol–water partition coefficient (Wildman–Crippen LogP) is 5.50. The minimum Gasteiger partial charge on any atom is -0.478 e. The molecule has 3 nitrogen and oxygen atoms in total. The molecule has 0 saturated carbocycles. The lowest BCUT2D eigenvalue weighted by Crippen LogP contribution is -2.24. The Morgan fingerprint density at radius 1 is 1.00 bits per heavy atom. The summed E-state index contributed by atoms with van der Waals surface area (Å²) in [6.07, 6.45) is 5.15. The minimum atomic E-state index is -0.925. The minimum absolute atomic E-state index is 0.303. The van der Waals surface area contributed by atoms with Crippen molar-refractivity contribution in [2.24, 2.45) is 0 Å². The lowest BCUT2D eigenvalue weighted by Gasteiger charge is -2.25. The second kappa shape index (κ2) is 8.43. The molecule has 158 valence electrons. The molecule has 1 aliphatic rings. The van der Waals surface area contributed by atoms with Crippen molar-refractivity contribution in [2.75, 3.05) is 0 Å². The number of aromatic carboxylic acids is 1. The van der Waals surface area contributed by atoms with Crippen LogP contribution in [0.2, 0.25) is 0 Å². The summed E-state index contributed by atoms with van der Waals surface area (Å²) in [7, 11) is 0. The molecule has 1 aliphatic heterocycles. The van der Waals surface area contributed by atoms with Crippen LogP contribution in [-0.4, -0.2) is 11.1 Å². The van der Waals surface area contributed by atoms with Crippen LogP contribution in [0.15, 0.2) is 48.5 Å². The molecule has 0 radical (unpaired) electrons. The van der Waals surface area contributed by atoms with Crippen LogP contribution < -0.4 is 15.2 Å². The lowest BCUT2D eigenvalue weighted by molar-refractivity contribution is 0.0696. The maximum absolute atomic E-state index is 12.1. The van der Waals surface area contributed by atoms with E-state index in [2.05, 4.69) is 58.0 Å². The first kappa shape index (κ1) is 20.9. The highest BCUT2D eigenvalue weighted by atomic mass is 16.5. The van der Waals surface area contributed by atoms with Crippen LogP contribution in [0.1, 0.15) is 64.9 Å². The van der Waals surface area contributed by atoms with Crippen LogP contribution in [-0.2, 0) is 6.42 Å². The topological polar surface area (TPSA) is 46.5 Å². The SMILES string of the molecule is CC/C=c1\cc(C)c2c(c1)Oc1cc(CCC)cc(C)c1C=2c1ccccc1C(=O)O. The van der Waals surface area contributed by atoms with Crippen LogP contribution in [0.25, 0.3) is 11.6 Å². The quantitative estimate of drug-likeness (QED) is 0.471. The van der Waals surface area contributed by atoms with Crippen molar-refractivity contribution in [1.82, 2.24) is 0 Å². The number of carboxylic acids is 1. The molecule has 3 aromatic carbocycles. The number of carboxylic acid groups (broad SMARTS) is 1. The van der Waals surface area contributed by atoms with Crippen molar-refractivity contribution in [1.29, 1.82) is 0 Å². The van der Waals surface area contributed by atoms with E-state index in [1.807, 2.05) is 12.1 Å². The Morgan fingerprint density at radius 3 is 2.48 bits per heavy atom. The monoisotopic (exact) mass is 412 g/mol. The zero-order chi connectivity index (χ0) is 22.1. The summed E-state index contributed by atoms with van der Waals surface area (Å²) < 4.78 is 6.48. The molecule has 0 bridgehead atoms. The molecule has 3 aromatic rings. The number of aryl methyl sites for hydroxylation is 3. The molecule has 0 atom stereocenters. The maximum Gasteiger partial charge on any atom is 0.336 e. The van der Waals surface area contributed by atoms with Gasteiger partial charge in [0.25, 0.3) is 0 Å². The lowest BCUT2D eigenvalue weighted by atomic mass is 9.85. The van der Waals surface area contributed by atoms with Gasteiger partial charge in [-0.3, -0.25) is 0 Å². The summed E-state index contributed by atoms with van der Waals surface area (Å²) in [5, 5.41) is 12.0. The molecule has 3 heteroatoms. The molecule has 0 aromatic heterocycles. The largest absolute Gasteiger partial charge is 0.478 e. The fourth-order valence-corrected chi connectivity index (χ4v) is 4.60.